The molecule has 1 fully saturated rings. The average Bonchev–Trinajstić information content (AvgIpc) is 3.16. The monoisotopic (exact) mass is 389 g/mol. The summed E-state index contributed by atoms with van der Waals surface area (Å²) >= 11 is 0. The molecule has 156 valence electrons. The van der Waals surface area contributed by atoms with Crippen molar-refractivity contribution >= 4 is 11.8 Å². The van der Waals surface area contributed by atoms with Gasteiger partial charge in [-0.2, -0.15) is 5.10 Å². The zero-order valence-corrected chi connectivity index (χ0v) is 17.6. The molecule has 2 amide bonds. The standard InChI is InChI=1S/C21H35N5O2/c1-4-25(14-13-24(2)3)21(28)16-5-7-18(8-6-16)23-20(27)17-10-12-26-19(15-17)9-11-22-26/h9,11,16-18H,4-8,10,12-15H2,1-3H3,(H,23,27). The number of hydrogen-bond acceptors (Lipinski definition) is 4. The molecule has 2 aliphatic rings. The molecule has 1 atom stereocenters. The van der Waals surface area contributed by atoms with Crippen LogP contribution in [0.1, 0.15) is 44.7 Å². The Morgan fingerprint density at radius 2 is 1.89 bits per heavy atom. The van der Waals surface area contributed by atoms with Crippen LogP contribution in [0.3, 0.4) is 0 Å². The smallest absolute Gasteiger partial charge is 0.225 e. The average molecular weight is 390 g/mol. The lowest BCUT2D eigenvalue weighted by Crippen LogP contribution is -2.45. The Labute approximate surface area is 168 Å². The predicted molar refractivity (Wildman–Crippen MR) is 109 cm³/mol. The number of rotatable bonds is 7. The first-order valence-electron chi connectivity index (χ1n) is 10.7. The van der Waals surface area contributed by atoms with Gasteiger partial charge in [-0.15, -0.1) is 0 Å². The maximum absolute atomic E-state index is 12.8. The minimum Gasteiger partial charge on any atom is -0.353 e. The second kappa shape index (κ2) is 9.54. The third-order valence-electron chi connectivity index (χ3n) is 6.25. The van der Waals surface area contributed by atoms with Crippen LogP contribution in [0.4, 0.5) is 0 Å². The SMILES string of the molecule is CCN(CCN(C)C)C(=O)C1CCC(NC(=O)C2CCn3nccc3C2)CC1. The lowest BCUT2D eigenvalue weighted by atomic mass is 9.84. The Hall–Kier alpha value is -1.89. The Balaban J connectivity index is 1.43. The number of likely N-dealkylation sites (N-methyl/N-ethyl adjacent to an activating group) is 2. The minimum absolute atomic E-state index is 0.0465. The van der Waals surface area contributed by atoms with Crippen LogP contribution in [0.15, 0.2) is 12.3 Å². The number of aromatic nitrogens is 2. The van der Waals surface area contributed by atoms with E-state index in [1.165, 1.54) is 0 Å². The van der Waals surface area contributed by atoms with Crippen molar-refractivity contribution in [3.8, 4) is 0 Å². The topological polar surface area (TPSA) is 70.5 Å². The van der Waals surface area contributed by atoms with Crippen molar-refractivity contribution in [2.24, 2.45) is 11.8 Å². The van der Waals surface area contributed by atoms with E-state index in [4.69, 9.17) is 0 Å². The summed E-state index contributed by atoms with van der Waals surface area (Å²) in [5.41, 5.74) is 1.15. The van der Waals surface area contributed by atoms with Crippen molar-refractivity contribution in [3.63, 3.8) is 0 Å². The number of nitrogens with zero attached hydrogens (tertiary/aromatic N) is 4. The first-order valence-corrected chi connectivity index (χ1v) is 10.7. The maximum atomic E-state index is 12.8. The number of carbonyl (C=O) groups is 2. The predicted octanol–water partition coefficient (Wildman–Crippen LogP) is 1.53. The van der Waals surface area contributed by atoms with Crippen molar-refractivity contribution in [2.45, 2.75) is 58.0 Å². The largest absolute Gasteiger partial charge is 0.353 e. The van der Waals surface area contributed by atoms with E-state index in [1.807, 2.05) is 35.9 Å². The lowest BCUT2D eigenvalue weighted by Gasteiger charge is -2.33. The molecule has 1 N–H and O–H groups in total. The van der Waals surface area contributed by atoms with Crippen LogP contribution in [0.25, 0.3) is 0 Å². The van der Waals surface area contributed by atoms with E-state index in [9.17, 15) is 9.59 Å². The highest BCUT2D eigenvalue weighted by Gasteiger charge is 2.31. The third-order valence-corrected chi connectivity index (χ3v) is 6.25. The van der Waals surface area contributed by atoms with Gasteiger partial charge in [-0.1, -0.05) is 0 Å². The summed E-state index contributed by atoms with van der Waals surface area (Å²) < 4.78 is 2.00. The van der Waals surface area contributed by atoms with Crippen LogP contribution >= 0.6 is 0 Å². The molecule has 1 saturated carbocycles. The lowest BCUT2D eigenvalue weighted by molar-refractivity contribution is -0.136. The van der Waals surface area contributed by atoms with Gasteiger partial charge < -0.3 is 15.1 Å². The Morgan fingerprint density at radius 3 is 2.57 bits per heavy atom. The number of amides is 2. The zero-order valence-electron chi connectivity index (χ0n) is 17.6. The number of nitrogens with one attached hydrogen (secondary N) is 1. The molecule has 7 nitrogen and oxygen atoms in total. The molecule has 1 aliphatic carbocycles. The van der Waals surface area contributed by atoms with Gasteiger partial charge in [0.25, 0.3) is 0 Å². The van der Waals surface area contributed by atoms with E-state index in [0.29, 0.717) is 0 Å². The van der Waals surface area contributed by atoms with Gasteiger partial charge in [-0.3, -0.25) is 14.3 Å². The van der Waals surface area contributed by atoms with Gasteiger partial charge in [0.1, 0.15) is 0 Å². The van der Waals surface area contributed by atoms with Crippen LogP contribution in [0.2, 0.25) is 0 Å². The van der Waals surface area contributed by atoms with Crippen molar-refractivity contribution < 1.29 is 9.59 Å². The Morgan fingerprint density at radius 1 is 1.14 bits per heavy atom. The Kier molecular flexibility index (Phi) is 7.10. The highest BCUT2D eigenvalue weighted by atomic mass is 16.2. The summed E-state index contributed by atoms with van der Waals surface area (Å²) in [6.45, 7) is 5.32. The van der Waals surface area contributed by atoms with Gasteiger partial charge in [0.05, 0.1) is 0 Å². The van der Waals surface area contributed by atoms with Gasteiger partial charge in [0.2, 0.25) is 11.8 Å². The quantitative estimate of drug-likeness (QED) is 0.768. The second-order valence-electron chi connectivity index (χ2n) is 8.51. The summed E-state index contributed by atoms with van der Waals surface area (Å²) in [4.78, 5) is 29.6. The van der Waals surface area contributed by atoms with E-state index in [0.717, 1.165) is 70.4 Å². The molecule has 0 radical (unpaired) electrons. The number of aryl methyl sites for hydroxylation is 1. The zero-order chi connectivity index (χ0) is 20.1. The fraction of sp³-hybridized carbons (Fsp3) is 0.762. The normalized spacial score (nSPS) is 24.6. The van der Waals surface area contributed by atoms with Gasteiger partial charge in [0.15, 0.2) is 0 Å². The van der Waals surface area contributed by atoms with Gasteiger partial charge in [-0.25, -0.2) is 0 Å². The maximum Gasteiger partial charge on any atom is 0.225 e. The first-order chi connectivity index (χ1) is 13.5. The molecule has 7 heteroatoms. The molecule has 1 aromatic heterocycles. The van der Waals surface area contributed by atoms with Crippen molar-refractivity contribution in [1.82, 2.24) is 24.9 Å². The summed E-state index contributed by atoms with van der Waals surface area (Å²) in [7, 11) is 4.07. The first kappa shape index (κ1) is 20.8. The summed E-state index contributed by atoms with van der Waals surface area (Å²) in [5.74, 6) is 0.613. The number of fused-ring (bicyclic) bond motifs is 1. The molecule has 1 aliphatic heterocycles. The van der Waals surface area contributed by atoms with Crippen LogP contribution in [-0.2, 0) is 22.6 Å². The molecule has 0 aromatic carbocycles. The van der Waals surface area contributed by atoms with E-state index in [-0.39, 0.29) is 29.7 Å². The van der Waals surface area contributed by atoms with Gasteiger partial charge >= 0.3 is 0 Å². The molecule has 1 unspecified atom stereocenters. The molecule has 0 saturated heterocycles. The van der Waals surface area contributed by atoms with E-state index >= 15 is 0 Å². The van der Waals surface area contributed by atoms with Crippen LogP contribution < -0.4 is 5.32 Å². The molecule has 2 heterocycles. The van der Waals surface area contributed by atoms with E-state index in [2.05, 4.69) is 22.2 Å². The van der Waals surface area contributed by atoms with E-state index < -0.39 is 0 Å². The highest BCUT2D eigenvalue weighted by Crippen LogP contribution is 2.27. The van der Waals surface area contributed by atoms with Crippen molar-refractivity contribution in [3.05, 3.63) is 18.0 Å². The molecule has 28 heavy (non-hydrogen) atoms. The fourth-order valence-corrected chi connectivity index (χ4v) is 4.40. The fourth-order valence-electron chi connectivity index (χ4n) is 4.40. The van der Waals surface area contributed by atoms with E-state index in [1.54, 1.807) is 0 Å². The van der Waals surface area contributed by atoms with Crippen molar-refractivity contribution in [2.75, 3.05) is 33.7 Å². The summed E-state index contributed by atoms with van der Waals surface area (Å²) in [5, 5.41) is 7.54. The molecule has 0 bridgehead atoms. The number of carbonyl (C=O) groups excluding carboxylic acids is 2. The molecular weight excluding hydrogens is 354 g/mol. The number of hydrogen-bond donors (Lipinski definition) is 1. The van der Waals surface area contributed by atoms with Crippen LogP contribution in [0, 0.1) is 11.8 Å². The molecule has 3 rings (SSSR count). The third kappa shape index (κ3) is 5.13. The molecule has 0 spiro atoms. The molecule has 1 aromatic rings. The van der Waals surface area contributed by atoms with Crippen LogP contribution in [-0.4, -0.2) is 71.2 Å². The molecular formula is C21H35N5O2. The van der Waals surface area contributed by atoms with Crippen LogP contribution in [0.5, 0.6) is 0 Å². The Bertz CT molecular complexity index is 664. The second-order valence-corrected chi connectivity index (χ2v) is 8.51. The minimum atomic E-state index is 0.0465. The van der Waals surface area contributed by atoms with Gasteiger partial charge in [-0.05, 0) is 59.2 Å². The summed E-state index contributed by atoms with van der Waals surface area (Å²) in [6, 6.07) is 2.21. The van der Waals surface area contributed by atoms with Gasteiger partial charge in [0, 0.05) is 62.4 Å². The highest BCUT2D eigenvalue weighted by molar-refractivity contribution is 5.80. The summed E-state index contributed by atoms with van der Waals surface area (Å²) in [6.07, 6.45) is 6.99. The van der Waals surface area contributed by atoms with Crippen molar-refractivity contribution in [1.29, 1.82) is 0 Å².